The summed E-state index contributed by atoms with van der Waals surface area (Å²) in [5, 5.41) is 5.74. The minimum Gasteiger partial charge on any atom is -0.497 e. The number of urea groups is 1. The van der Waals surface area contributed by atoms with E-state index >= 15 is 0 Å². The van der Waals surface area contributed by atoms with Crippen molar-refractivity contribution in [1.82, 2.24) is 15.5 Å². The third kappa shape index (κ3) is 5.35. The van der Waals surface area contributed by atoms with Gasteiger partial charge in [-0.2, -0.15) is 0 Å². The second kappa shape index (κ2) is 9.27. The van der Waals surface area contributed by atoms with Crippen LogP contribution in [0, 0.1) is 0 Å². The number of nitrogens with zero attached hydrogens (tertiary/aromatic N) is 2. The highest BCUT2D eigenvalue weighted by Crippen LogP contribution is 2.24. The first kappa shape index (κ1) is 19.1. The van der Waals surface area contributed by atoms with Gasteiger partial charge in [-0.25, -0.2) is 4.79 Å². The first-order valence-corrected chi connectivity index (χ1v) is 8.78. The molecular formula is C18H28N4O3. The van der Waals surface area contributed by atoms with Crippen molar-refractivity contribution in [3.63, 3.8) is 0 Å². The fourth-order valence-corrected chi connectivity index (χ4v) is 2.92. The van der Waals surface area contributed by atoms with Gasteiger partial charge in [0.05, 0.1) is 13.2 Å². The van der Waals surface area contributed by atoms with Gasteiger partial charge in [0.2, 0.25) is 5.91 Å². The van der Waals surface area contributed by atoms with E-state index in [9.17, 15) is 9.59 Å². The third-order valence-electron chi connectivity index (χ3n) is 4.45. The van der Waals surface area contributed by atoms with E-state index in [1.165, 1.54) is 0 Å². The van der Waals surface area contributed by atoms with Gasteiger partial charge in [0.15, 0.2) is 0 Å². The molecule has 1 aliphatic heterocycles. The molecular weight excluding hydrogens is 320 g/mol. The Bertz CT molecular complexity index is 572. The molecule has 1 aliphatic rings. The molecule has 0 bridgehead atoms. The van der Waals surface area contributed by atoms with E-state index in [0.717, 1.165) is 31.1 Å². The van der Waals surface area contributed by atoms with Crippen molar-refractivity contribution < 1.29 is 14.3 Å². The average molecular weight is 348 g/mol. The molecule has 138 valence electrons. The lowest BCUT2D eigenvalue weighted by Crippen LogP contribution is -2.45. The van der Waals surface area contributed by atoms with Gasteiger partial charge in [0.1, 0.15) is 5.75 Å². The van der Waals surface area contributed by atoms with E-state index in [0.29, 0.717) is 19.5 Å². The molecule has 7 heteroatoms. The highest BCUT2D eigenvalue weighted by molar-refractivity contribution is 5.96. The summed E-state index contributed by atoms with van der Waals surface area (Å²) in [6.07, 6.45) is 0.315. The zero-order chi connectivity index (χ0) is 18.2. The summed E-state index contributed by atoms with van der Waals surface area (Å²) in [5.74, 6) is 0.760. The number of methoxy groups -OCH3 is 1. The molecule has 0 aliphatic carbocycles. The molecule has 25 heavy (non-hydrogen) atoms. The highest BCUT2D eigenvalue weighted by Gasteiger charge is 2.31. The van der Waals surface area contributed by atoms with Crippen molar-refractivity contribution >= 4 is 17.6 Å². The quantitative estimate of drug-likeness (QED) is 0.746. The topological polar surface area (TPSA) is 73.9 Å². The maximum atomic E-state index is 12.2. The van der Waals surface area contributed by atoms with Gasteiger partial charge in [0.25, 0.3) is 0 Å². The molecule has 7 nitrogen and oxygen atoms in total. The van der Waals surface area contributed by atoms with Crippen LogP contribution >= 0.6 is 0 Å². The molecule has 1 heterocycles. The van der Waals surface area contributed by atoms with Crippen molar-refractivity contribution in [3.05, 3.63) is 24.3 Å². The zero-order valence-electron chi connectivity index (χ0n) is 15.2. The molecule has 2 rings (SSSR count). The summed E-state index contributed by atoms with van der Waals surface area (Å²) in [5.41, 5.74) is 0.817. The van der Waals surface area contributed by atoms with Crippen LogP contribution in [0.25, 0.3) is 0 Å². The normalized spacial score (nSPS) is 17.0. The summed E-state index contributed by atoms with van der Waals surface area (Å²) < 4.78 is 5.13. The lowest BCUT2D eigenvalue weighted by atomic mass is 10.2. The summed E-state index contributed by atoms with van der Waals surface area (Å²) >= 11 is 0. The first-order chi connectivity index (χ1) is 12.1. The van der Waals surface area contributed by atoms with Gasteiger partial charge in [0, 0.05) is 31.7 Å². The number of carbonyl (C=O) groups excluding carboxylic acids is 2. The van der Waals surface area contributed by atoms with Crippen LogP contribution in [0.4, 0.5) is 10.5 Å². The van der Waals surface area contributed by atoms with Crippen LogP contribution in [-0.2, 0) is 4.79 Å². The summed E-state index contributed by atoms with van der Waals surface area (Å²) in [7, 11) is 1.61. The lowest BCUT2D eigenvalue weighted by molar-refractivity contribution is -0.117. The number of amides is 3. The van der Waals surface area contributed by atoms with Crippen molar-refractivity contribution in [2.75, 3.05) is 44.7 Å². The van der Waals surface area contributed by atoms with Crippen LogP contribution in [0.5, 0.6) is 5.75 Å². The van der Waals surface area contributed by atoms with E-state index in [-0.39, 0.29) is 18.0 Å². The van der Waals surface area contributed by atoms with Crippen LogP contribution < -0.4 is 20.3 Å². The highest BCUT2D eigenvalue weighted by atomic mass is 16.5. The van der Waals surface area contributed by atoms with E-state index in [4.69, 9.17) is 4.74 Å². The van der Waals surface area contributed by atoms with Crippen LogP contribution in [-0.4, -0.2) is 62.7 Å². The number of rotatable bonds is 8. The molecule has 2 N–H and O–H groups in total. The Balaban J connectivity index is 1.80. The molecule has 1 fully saturated rings. The summed E-state index contributed by atoms with van der Waals surface area (Å²) in [6, 6.07) is 6.95. The zero-order valence-corrected chi connectivity index (χ0v) is 15.2. The van der Waals surface area contributed by atoms with Crippen molar-refractivity contribution in [2.24, 2.45) is 0 Å². The number of carbonyl (C=O) groups is 2. The molecule has 3 amide bonds. The van der Waals surface area contributed by atoms with Gasteiger partial charge in [-0.3, -0.25) is 4.79 Å². The number of hydrogen-bond donors (Lipinski definition) is 2. The SMILES string of the molecule is CCN(CC)CCNC(=O)NC1CC(=O)N(c2ccc(OC)cc2)C1. The van der Waals surface area contributed by atoms with E-state index < -0.39 is 0 Å². The number of ether oxygens (including phenoxy) is 1. The predicted octanol–water partition coefficient (Wildman–Crippen LogP) is 1.44. The van der Waals surface area contributed by atoms with E-state index in [1.807, 2.05) is 24.3 Å². The van der Waals surface area contributed by atoms with Crippen molar-refractivity contribution in [1.29, 1.82) is 0 Å². The van der Waals surface area contributed by atoms with E-state index in [2.05, 4.69) is 29.4 Å². The molecule has 0 spiro atoms. The largest absolute Gasteiger partial charge is 0.497 e. The molecule has 1 aromatic rings. The average Bonchev–Trinajstić information content (AvgIpc) is 2.99. The van der Waals surface area contributed by atoms with Crippen LogP contribution in [0.15, 0.2) is 24.3 Å². The number of benzene rings is 1. The molecule has 0 aromatic heterocycles. The predicted molar refractivity (Wildman–Crippen MR) is 98.1 cm³/mol. The summed E-state index contributed by atoms with van der Waals surface area (Å²) in [6.45, 7) is 8.03. The van der Waals surface area contributed by atoms with Gasteiger partial charge in [-0.05, 0) is 37.4 Å². The maximum absolute atomic E-state index is 12.2. The van der Waals surface area contributed by atoms with Gasteiger partial charge >= 0.3 is 6.03 Å². The lowest BCUT2D eigenvalue weighted by Gasteiger charge is -2.19. The van der Waals surface area contributed by atoms with Crippen LogP contribution in [0.3, 0.4) is 0 Å². The molecule has 0 saturated carbocycles. The fraction of sp³-hybridized carbons (Fsp3) is 0.556. The Hall–Kier alpha value is -2.28. The minimum absolute atomic E-state index is 0.0126. The minimum atomic E-state index is -0.221. The first-order valence-electron chi connectivity index (χ1n) is 8.78. The molecule has 0 radical (unpaired) electrons. The maximum Gasteiger partial charge on any atom is 0.315 e. The standard InChI is InChI=1S/C18H28N4O3/c1-4-21(5-2)11-10-19-18(24)20-14-12-17(23)22(13-14)15-6-8-16(25-3)9-7-15/h6-9,14H,4-5,10-13H2,1-3H3,(H2,19,20,24). The number of hydrogen-bond acceptors (Lipinski definition) is 4. The number of likely N-dealkylation sites (N-methyl/N-ethyl adjacent to an activating group) is 1. The van der Waals surface area contributed by atoms with Crippen LogP contribution in [0.1, 0.15) is 20.3 Å². The molecule has 1 atom stereocenters. The monoisotopic (exact) mass is 348 g/mol. The number of anilines is 1. The Labute approximate surface area is 149 Å². The van der Waals surface area contributed by atoms with Gasteiger partial charge in [-0.15, -0.1) is 0 Å². The van der Waals surface area contributed by atoms with Crippen molar-refractivity contribution in [3.8, 4) is 5.75 Å². The smallest absolute Gasteiger partial charge is 0.315 e. The second-order valence-electron chi connectivity index (χ2n) is 6.03. The molecule has 1 unspecified atom stereocenters. The number of nitrogens with one attached hydrogen (secondary N) is 2. The third-order valence-corrected chi connectivity index (χ3v) is 4.45. The van der Waals surface area contributed by atoms with Gasteiger partial charge in [-0.1, -0.05) is 13.8 Å². The second-order valence-corrected chi connectivity index (χ2v) is 6.03. The Morgan fingerprint density at radius 3 is 2.56 bits per heavy atom. The Morgan fingerprint density at radius 1 is 1.28 bits per heavy atom. The summed E-state index contributed by atoms with van der Waals surface area (Å²) in [4.78, 5) is 28.2. The van der Waals surface area contributed by atoms with Gasteiger partial charge < -0.3 is 25.2 Å². The van der Waals surface area contributed by atoms with E-state index in [1.54, 1.807) is 12.0 Å². The van der Waals surface area contributed by atoms with Crippen molar-refractivity contribution in [2.45, 2.75) is 26.3 Å². The van der Waals surface area contributed by atoms with Crippen LogP contribution in [0.2, 0.25) is 0 Å². The Morgan fingerprint density at radius 2 is 1.96 bits per heavy atom. The molecule has 1 aromatic carbocycles. The fourth-order valence-electron chi connectivity index (χ4n) is 2.92. The Kier molecular flexibility index (Phi) is 7.06. The molecule has 1 saturated heterocycles.